The van der Waals surface area contributed by atoms with Crippen molar-refractivity contribution in [2.24, 2.45) is 7.05 Å². The van der Waals surface area contributed by atoms with Crippen molar-refractivity contribution >= 4 is 16.7 Å². The average molecular weight is 266 g/mol. The third-order valence-electron chi connectivity index (χ3n) is 3.53. The predicted molar refractivity (Wildman–Crippen MR) is 76.9 cm³/mol. The van der Waals surface area contributed by atoms with Crippen molar-refractivity contribution in [3.05, 3.63) is 65.7 Å². The van der Waals surface area contributed by atoms with Crippen LogP contribution in [0.2, 0.25) is 0 Å². The second-order valence-electron chi connectivity index (χ2n) is 4.74. The lowest BCUT2D eigenvalue weighted by Crippen LogP contribution is -2.07. The van der Waals surface area contributed by atoms with Crippen molar-refractivity contribution in [2.75, 3.05) is 0 Å². The van der Waals surface area contributed by atoms with Gasteiger partial charge in [-0.15, -0.1) is 0 Å². The smallest absolute Gasteiger partial charge is 0.354 e. The van der Waals surface area contributed by atoms with Crippen LogP contribution in [0.1, 0.15) is 21.9 Å². The molecule has 0 radical (unpaired) electrons. The Balaban J connectivity index is 2.04. The standard InChI is InChI=1S/C16H14N2O2/c1-18-14(16(19)20)10-17-15(18)9-12-7-4-6-11-5-2-3-8-13(11)12/h2-8,10H,9H2,1H3,(H,19,20). The molecule has 4 heteroatoms. The molecular formula is C16H14N2O2. The molecule has 0 unspecified atom stereocenters. The second-order valence-corrected chi connectivity index (χ2v) is 4.74. The fraction of sp³-hybridized carbons (Fsp3) is 0.125. The van der Waals surface area contributed by atoms with Crippen LogP contribution in [0.25, 0.3) is 10.8 Å². The van der Waals surface area contributed by atoms with Crippen LogP contribution in [0.15, 0.2) is 48.7 Å². The molecule has 0 saturated heterocycles. The Bertz CT molecular complexity index is 785. The van der Waals surface area contributed by atoms with Gasteiger partial charge in [0.25, 0.3) is 0 Å². The van der Waals surface area contributed by atoms with Gasteiger partial charge in [-0.1, -0.05) is 42.5 Å². The van der Waals surface area contributed by atoms with Crippen molar-refractivity contribution in [1.29, 1.82) is 0 Å². The van der Waals surface area contributed by atoms with Gasteiger partial charge in [-0.05, 0) is 16.3 Å². The maximum absolute atomic E-state index is 11.0. The number of benzene rings is 2. The van der Waals surface area contributed by atoms with E-state index >= 15 is 0 Å². The van der Waals surface area contributed by atoms with Gasteiger partial charge in [-0.25, -0.2) is 9.78 Å². The SMILES string of the molecule is Cn1c(C(=O)O)cnc1Cc1cccc2ccccc12. The number of aromatic nitrogens is 2. The van der Waals surface area contributed by atoms with Gasteiger partial charge in [0.1, 0.15) is 11.5 Å². The summed E-state index contributed by atoms with van der Waals surface area (Å²) in [5.74, 6) is -0.206. The number of imidazole rings is 1. The van der Waals surface area contributed by atoms with Crippen molar-refractivity contribution in [1.82, 2.24) is 9.55 Å². The number of carboxylic acid groups (broad SMARTS) is 1. The highest BCUT2D eigenvalue weighted by Gasteiger charge is 2.13. The molecule has 0 aliphatic rings. The largest absolute Gasteiger partial charge is 0.477 e. The molecule has 0 atom stereocenters. The van der Waals surface area contributed by atoms with E-state index in [4.69, 9.17) is 5.11 Å². The molecule has 0 spiro atoms. The second kappa shape index (κ2) is 4.81. The highest BCUT2D eigenvalue weighted by Crippen LogP contribution is 2.21. The number of hydrogen-bond donors (Lipinski definition) is 1. The number of carbonyl (C=O) groups is 1. The molecule has 1 aromatic heterocycles. The van der Waals surface area contributed by atoms with Gasteiger partial charge >= 0.3 is 5.97 Å². The Labute approximate surface area is 116 Å². The highest BCUT2D eigenvalue weighted by atomic mass is 16.4. The number of aromatic carboxylic acids is 1. The van der Waals surface area contributed by atoms with Gasteiger partial charge < -0.3 is 9.67 Å². The van der Waals surface area contributed by atoms with Crippen LogP contribution in [0.4, 0.5) is 0 Å². The Morgan fingerprint density at radius 1 is 1.20 bits per heavy atom. The summed E-state index contributed by atoms with van der Waals surface area (Å²) in [6, 6.07) is 14.3. The highest BCUT2D eigenvalue weighted by molar-refractivity contribution is 5.86. The van der Waals surface area contributed by atoms with E-state index in [1.54, 1.807) is 11.6 Å². The Hall–Kier alpha value is -2.62. The summed E-state index contributed by atoms with van der Waals surface area (Å²) in [5.41, 5.74) is 1.36. The third-order valence-corrected chi connectivity index (χ3v) is 3.53. The lowest BCUT2D eigenvalue weighted by Gasteiger charge is -2.07. The van der Waals surface area contributed by atoms with E-state index in [2.05, 4.69) is 29.2 Å². The average Bonchev–Trinajstić information content (AvgIpc) is 2.81. The van der Waals surface area contributed by atoms with Crippen LogP contribution in [0.3, 0.4) is 0 Å². The minimum atomic E-state index is -0.954. The molecule has 1 heterocycles. The number of carboxylic acids is 1. The minimum Gasteiger partial charge on any atom is -0.477 e. The van der Waals surface area contributed by atoms with Crippen LogP contribution in [-0.4, -0.2) is 20.6 Å². The number of rotatable bonds is 3. The third kappa shape index (κ3) is 2.05. The molecule has 0 fully saturated rings. The summed E-state index contributed by atoms with van der Waals surface area (Å²) in [5, 5.41) is 11.4. The molecule has 0 saturated carbocycles. The van der Waals surface area contributed by atoms with E-state index in [9.17, 15) is 4.79 Å². The number of fused-ring (bicyclic) bond motifs is 1. The van der Waals surface area contributed by atoms with Crippen LogP contribution >= 0.6 is 0 Å². The molecule has 1 N–H and O–H groups in total. The van der Waals surface area contributed by atoms with Crippen LogP contribution in [0.5, 0.6) is 0 Å². The summed E-state index contributed by atoms with van der Waals surface area (Å²) in [7, 11) is 1.73. The Morgan fingerprint density at radius 3 is 2.70 bits per heavy atom. The molecule has 0 bridgehead atoms. The van der Waals surface area contributed by atoms with E-state index in [-0.39, 0.29) is 5.69 Å². The van der Waals surface area contributed by atoms with Gasteiger partial charge in [0.2, 0.25) is 0 Å². The number of hydrogen-bond acceptors (Lipinski definition) is 2. The first-order chi connectivity index (χ1) is 9.66. The molecule has 2 aromatic carbocycles. The summed E-state index contributed by atoms with van der Waals surface area (Å²) in [6.45, 7) is 0. The first-order valence-corrected chi connectivity index (χ1v) is 6.37. The van der Waals surface area contributed by atoms with Crippen molar-refractivity contribution in [3.63, 3.8) is 0 Å². The summed E-state index contributed by atoms with van der Waals surface area (Å²) in [4.78, 5) is 15.3. The van der Waals surface area contributed by atoms with E-state index in [1.165, 1.54) is 17.0 Å². The normalized spacial score (nSPS) is 10.8. The van der Waals surface area contributed by atoms with Gasteiger partial charge in [0.15, 0.2) is 0 Å². The zero-order valence-electron chi connectivity index (χ0n) is 11.1. The van der Waals surface area contributed by atoms with Gasteiger partial charge in [-0.2, -0.15) is 0 Å². The molecule has 0 aliphatic carbocycles. The molecule has 20 heavy (non-hydrogen) atoms. The maximum Gasteiger partial charge on any atom is 0.354 e. The van der Waals surface area contributed by atoms with Crippen LogP contribution < -0.4 is 0 Å². The van der Waals surface area contributed by atoms with E-state index < -0.39 is 5.97 Å². The van der Waals surface area contributed by atoms with Crippen LogP contribution in [-0.2, 0) is 13.5 Å². The zero-order valence-corrected chi connectivity index (χ0v) is 11.1. The Kier molecular flexibility index (Phi) is 2.99. The lowest BCUT2D eigenvalue weighted by molar-refractivity contribution is 0.0686. The molecule has 0 amide bonds. The summed E-state index contributed by atoms with van der Waals surface area (Å²) < 4.78 is 1.63. The monoisotopic (exact) mass is 266 g/mol. The molecule has 3 aromatic rings. The zero-order chi connectivity index (χ0) is 14.1. The van der Waals surface area contributed by atoms with Gasteiger partial charge in [0.05, 0.1) is 6.20 Å². The van der Waals surface area contributed by atoms with E-state index in [0.717, 1.165) is 11.4 Å². The summed E-state index contributed by atoms with van der Waals surface area (Å²) >= 11 is 0. The van der Waals surface area contributed by atoms with Crippen molar-refractivity contribution in [2.45, 2.75) is 6.42 Å². The quantitative estimate of drug-likeness (QED) is 0.793. The first kappa shape index (κ1) is 12.4. The molecule has 4 nitrogen and oxygen atoms in total. The van der Waals surface area contributed by atoms with E-state index in [0.29, 0.717) is 6.42 Å². The fourth-order valence-corrected chi connectivity index (χ4v) is 2.43. The molecule has 0 aliphatic heterocycles. The van der Waals surface area contributed by atoms with Crippen LogP contribution in [0, 0.1) is 0 Å². The summed E-state index contributed by atoms with van der Waals surface area (Å²) in [6.07, 6.45) is 2.02. The molecular weight excluding hydrogens is 252 g/mol. The van der Waals surface area contributed by atoms with E-state index in [1.807, 2.05) is 18.2 Å². The Morgan fingerprint density at radius 2 is 1.95 bits per heavy atom. The fourth-order valence-electron chi connectivity index (χ4n) is 2.43. The van der Waals surface area contributed by atoms with Crippen molar-refractivity contribution in [3.8, 4) is 0 Å². The lowest BCUT2D eigenvalue weighted by atomic mass is 10.0. The van der Waals surface area contributed by atoms with Gasteiger partial charge in [-0.3, -0.25) is 0 Å². The maximum atomic E-state index is 11.0. The first-order valence-electron chi connectivity index (χ1n) is 6.37. The minimum absolute atomic E-state index is 0.209. The molecule has 3 rings (SSSR count). The van der Waals surface area contributed by atoms with Crippen molar-refractivity contribution < 1.29 is 9.90 Å². The number of nitrogens with zero attached hydrogens (tertiary/aromatic N) is 2. The van der Waals surface area contributed by atoms with Gasteiger partial charge in [0, 0.05) is 13.5 Å². The molecule has 100 valence electrons. The topological polar surface area (TPSA) is 55.1 Å². The predicted octanol–water partition coefficient (Wildman–Crippen LogP) is 2.86.